The zero-order chi connectivity index (χ0) is 14.7. The van der Waals surface area contributed by atoms with Gasteiger partial charge in [-0.05, 0) is 19.1 Å². The van der Waals surface area contributed by atoms with Crippen LogP contribution in [0.4, 0.5) is 17.3 Å². The normalized spacial score (nSPS) is 10.4. The van der Waals surface area contributed by atoms with Gasteiger partial charge >= 0.3 is 0 Å². The zero-order valence-corrected chi connectivity index (χ0v) is 12.3. The van der Waals surface area contributed by atoms with Gasteiger partial charge in [-0.3, -0.25) is 0 Å². The minimum atomic E-state index is 0.529. The summed E-state index contributed by atoms with van der Waals surface area (Å²) >= 11 is 0. The van der Waals surface area contributed by atoms with Gasteiger partial charge in [0.15, 0.2) is 0 Å². The number of aryl methyl sites for hydroxylation is 1. The number of ether oxygens (including phenoxy) is 1. The minimum Gasteiger partial charge on any atom is -0.497 e. The van der Waals surface area contributed by atoms with Crippen LogP contribution in [0.5, 0.6) is 5.75 Å². The molecule has 0 aliphatic rings. The van der Waals surface area contributed by atoms with E-state index in [0.717, 1.165) is 35.1 Å². The summed E-state index contributed by atoms with van der Waals surface area (Å²) in [6, 6.07) is 7.83. The molecule has 1 aromatic carbocycles. The first-order valence-corrected chi connectivity index (χ1v) is 6.57. The number of rotatable bonds is 4. The second-order valence-corrected chi connectivity index (χ2v) is 4.59. The lowest BCUT2D eigenvalue weighted by atomic mass is 10.2. The van der Waals surface area contributed by atoms with Crippen LogP contribution in [0, 0.1) is 6.92 Å². The van der Waals surface area contributed by atoms with E-state index in [-0.39, 0.29) is 0 Å². The molecule has 0 radical (unpaired) electrons. The fourth-order valence-corrected chi connectivity index (χ4v) is 1.99. The quantitative estimate of drug-likeness (QED) is 0.927. The van der Waals surface area contributed by atoms with E-state index in [4.69, 9.17) is 10.5 Å². The topological polar surface area (TPSA) is 64.3 Å². The van der Waals surface area contributed by atoms with E-state index in [0.29, 0.717) is 5.82 Å². The van der Waals surface area contributed by atoms with Gasteiger partial charge in [0.05, 0.1) is 7.11 Å². The molecule has 0 unspecified atom stereocenters. The summed E-state index contributed by atoms with van der Waals surface area (Å²) < 4.78 is 5.26. The Bertz CT molecular complexity index is 613. The lowest BCUT2D eigenvalue weighted by Crippen LogP contribution is -2.16. The number of nitrogens with two attached hydrogens (primary N) is 1. The fraction of sp³-hybridized carbons (Fsp3) is 0.333. The van der Waals surface area contributed by atoms with Crippen LogP contribution < -0.4 is 15.4 Å². The Labute approximate surface area is 119 Å². The van der Waals surface area contributed by atoms with Crippen LogP contribution >= 0.6 is 0 Å². The SMILES string of the molecule is CCc1nc(N)c(C)c(N(C)c2cccc(OC)c2)n1. The molecule has 1 aromatic heterocycles. The monoisotopic (exact) mass is 272 g/mol. The van der Waals surface area contributed by atoms with Crippen molar-refractivity contribution < 1.29 is 4.74 Å². The molecule has 5 nitrogen and oxygen atoms in total. The highest BCUT2D eigenvalue weighted by Gasteiger charge is 2.13. The smallest absolute Gasteiger partial charge is 0.141 e. The number of nitrogen functional groups attached to an aromatic ring is 1. The third-order valence-corrected chi connectivity index (χ3v) is 3.28. The molecular weight excluding hydrogens is 252 g/mol. The molecule has 20 heavy (non-hydrogen) atoms. The molecule has 0 aliphatic carbocycles. The molecule has 2 rings (SSSR count). The van der Waals surface area contributed by atoms with E-state index in [2.05, 4.69) is 9.97 Å². The predicted molar refractivity (Wildman–Crippen MR) is 81.6 cm³/mol. The maximum absolute atomic E-state index is 5.97. The van der Waals surface area contributed by atoms with E-state index < -0.39 is 0 Å². The van der Waals surface area contributed by atoms with Gasteiger partial charge in [-0.2, -0.15) is 0 Å². The van der Waals surface area contributed by atoms with Crippen LogP contribution in [0.2, 0.25) is 0 Å². The van der Waals surface area contributed by atoms with Crippen molar-refractivity contribution in [2.75, 3.05) is 24.8 Å². The van der Waals surface area contributed by atoms with Crippen LogP contribution in [0.25, 0.3) is 0 Å². The van der Waals surface area contributed by atoms with Crippen molar-refractivity contribution in [2.45, 2.75) is 20.3 Å². The van der Waals surface area contributed by atoms with E-state index in [1.54, 1.807) is 7.11 Å². The van der Waals surface area contributed by atoms with Crippen molar-refractivity contribution in [3.63, 3.8) is 0 Å². The summed E-state index contributed by atoms with van der Waals surface area (Å²) in [6.45, 7) is 3.94. The molecule has 0 bridgehead atoms. The number of aromatic nitrogens is 2. The second-order valence-electron chi connectivity index (χ2n) is 4.59. The minimum absolute atomic E-state index is 0.529. The number of benzene rings is 1. The Balaban J connectivity index is 2.46. The Hall–Kier alpha value is -2.30. The molecule has 5 heteroatoms. The molecule has 106 valence electrons. The van der Waals surface area contributed by atoms with Gasteiger partial charge in [0.2, 0.25) is 0 Å². The van der Waals surface area contributed by atoms with E-state index in [1.165, 1.54) is 0 Å². The van der Waals surface area contributed by atoms with Crippen molar-refractivity contribution >= 4 is 17.3 Å². The molecule has 0 spiro atoms. The van der Waals surface area contributed by atoms with Crippen LogP contribution in [-0.2, 0) is 6.42 Å². The predicted octanol–water partition coefficient (Wildman–Crippen LogP) is 2.71. The Morgan fingerprint density at radius 3 is 2.70 bits per heavy atom. The second kappa shape index (κ2) is 5.77. The summed E-state index contributed by atoms with van der Waals surface area (Å²) in [6.07, 6.45) is 0.753. The van der Waals surface area contributed by atoms with Crippen LogP contribution in [-0.4, -0.2) is 24.1 Å². The molecule has 1 heterocycles. The molecule has 0 amide bonds. The van der Waals surface area contributed by atoms with Gasteiger partial charge in [-0.15, -0.1) is 0 Å². The number of methoxy groups -OCH3 is 1. The fourth-order valence-electron chi connectivity index (χ4n) is 1.99. The van der Waals surface area contributed by atoms with Crippen molar-refractivity contribution in [3.8, 4) is 5.75 Å². The van der Waals surface area contributed by atoms with Gasteiger partial charge in [0.25, 0.3) is 0 Å². The number of hydrogen-bond acceptors (Lipinski definition) is 5. The number of hydrogen-bond donors (Lipinski definition) is 1. The van der Waals surface area contributed by atoms with Crippen LogP contribution in [0.1, 0.15) is 18.3 Å². The van der Waals surface area contributed by atoms with Gasteiger partial charge in [-0.25, -0.2) is 9.97 Å². The summed E-state index contributed by atoms with van der Waals surface area (Å²) in [5.74, 6) is 2.91. The van der Waals surface area contributed by atoms with Gasteiger partial charge < -0.3 is 15.4 Å². The molecule has 0 saturated carbocycles. The highest BCUT2D eigenvalue weighted by Crippen LogP contribution is 2.29. The average molecular weight is 272 g/mol. The highest BCUT2D eigenvalue weighted by atomic mass is 16.5. The molecular formula is C15H20N4O. The van der Waals surface area contributed by atoms with Crippen molar-refractivity contribution in [2.24, 2.45) is 0 Å². The van der Waals surface area contributed by atoms with Gasteiger partial charge in [0.1, 0.15) is 23.2 Å². The largest absolute Gasteiger partial charge is 0.497 e. The van der Waals surface area contributed by atoms with Crippen LogP contribution in [0.15, 0.2) is 24.3 Å². The lowest BCUT2D eigenvalue weighted by molar-refractivity contribution is 0.415. The van der Waals surface area contributed by atoms with Gasteiger partial charge in [-0.1, -0.05) is 13.0 Å². The Morgan fingerprint density at radius 1 is 1.30 bits per heavy atom. The lowest BCUT2D eigenvalue weighted by Gasteiger charge is -2.22. The summed E-state index contributed by atoms with van der Waals surface area (Å²) in [5, 5.41) is 0. The average Bonchev–Trinajstić information content (AvgIpc) is 2.49. The van der Waals surface area contributed by atoms with Crippen molar-refractivity contribution in [1.29, 1.82) is 0 Å². The van der Waals surface area contributed by atoms with Crippen molar-refractivity contribution in [3.05, 3.63) is 35.7 Å². The number of nitrogens with zero attached hydrogens (tertiary/aromatic N) is 3. The molecule has 0 saturated heterocycles. The maximum atomic E-state index is 5.97. The summed E-state index contributed by atoms with van der Waals surface area (Å²) in [4.78, 5) is 10.8. The molecule has 0 atom stereocenters. The van der Waals surface area contributed by atoms with E-state index in [9.17, 15) is 0 Å². The third kappa shape index (κ3) is 2.66. The summed E-state index contributed by atoms with van der Waals surface area (Å²) in [5.41, 5.74) is 7.84. The molecule has 2 N–H and O–H groups in total. The first-order valence-electron chi connectivity index (χ1n) is 6.57. The van der Waals surface area contributed by atoms with Crippen molar-refractivity contribution in [1.82, 2.24) is 9.97 Å². The summed E-state index contributed by atoms with van der Waals surface area (Å²) in [7, 11) is 3.62. The first-order chi connectivity index (χ1) is 9.56. The third-order valence-electron chi connectivity index (χ3n) is 3.28. The maximum Gasteiger partial charge on any atom is 0.141 e. The van der Waals surface area contributed by atoms with E-state index >= 15 is 0 Å². The standard InChI is InChI=1S/C15H20N4O/c1-5-13-17-14(16)10(2)15(18-13)19(3)11-7-6-8-12(9-11)20-4/h6-9H,5H2,1-4H3,(H2,16,17,18). The highest BCUT2D eigenvalue weighted by molar-refractivity contribution is 5.66. The zero-order valence-electron chi connectivity index (χ0n) is 12.3. The molecule has 0 fully saturated rings. The Morgan fingerprint density at radius 2 is 2.05 bits per heavy atom. The molecule has 0 aliphatic heterocycles. The van der Waals surface area contributed by atoms with E-state index in [1.807, 2.05) is 50.1 Å². The molecule has 2 aromatic rings. The van der Waals surface area contributed by atoms with Crippen LogP contribution in [0.3, 0.4) is 0 Å². The Kier molecular flexibility index (Phi) is 4.08. The van der Waals surface area contributed by atoms with Gasteiger partial charge in [0, 0.05) is 30.8 Å². The first kappa shape index (κ1) is 14.1. The number of anilines is 3.